The molecule has 0 amide bonds. The van der Waals surface area contributed by atoms with Crippen molar-refractivity contribution in [1.82, 2.24) is 4.98 Å². The number of thioether (sulfide) groups is 1. The molecule has 13 heavy (non-hydrogen) atoms. The molecule has 0 aromatic carbocycles. The van der Waals surface area contributed by atoms with Crippen LogP contribution in [0.15, 0.2) is 0 Å². The number of nitrogens with one attached hydrogen (secondary N) is 1. The van der Waals surface area contributed by atoms with E-state index in [1.807, 2.05) is 12.3 Å². The molecule has 0 aliphatic rings. The van der Waals surface area contributed by atoms with Crippen LogP contribution in [-0.4, -0.2) is 23.5 Å². The summed E-state index contributed by atoms with van der Waals surface area (Å²) >= 11 is 8.73. The molecule has 3 nitrogen and oxygen atoms in total. The van der Waals surface area contributed by atoms with E-state index in [-0.39, 0.29) is 0 Å². The molecule has 0 saturated heterocycles. The molecule has 6 heteroatoms. The Labute approximate surface area is 90.1 Å². The predicted molar refractivity (Wildman–Crippen MR) is 58.7 cm³/mol. The number of anilines is 1. The average Bonchev–Trinajstić information content (AvgIpc) is 2.47. The first-order chi connectivity index (χ1) is 6.27. The number of hydrogen-bond donors (Lipinski definition) is 1. The highest BCUT2D eigenvalue weighted by Gasteiger charge is 2.07. The van der Waals surface area contributed by atoms with Gasteiger partial charge in [0.1, 0.15) is 10.9 Å². The lowest BCUT2D eigenvalue weighted by atomic mass is 10.6. The molecular formula is C7H8ClN3S2. The summed E-state index contributed by atoms with van der Waals surface area (Å²) in [4.78, 5) is 4.46. The van der Waals surface area contributed by atoms with Crippen molar-refractivity contribution in [1.29, 1.82) is 5.26 Å². The summed E-state index contributed by atoms with van der Waals surface area (Å²) in [5.74, 6) is 1.01. The number of aromatic nitrogens is 1. The summed E-state index contributed by atoms with van der Waals surface area (Å²) in [5, 5.41) is 12.7. The molecule has 0 aliphatic carbocycles. The second-order valence-corrected chi connectivity index (χ2v) is 4.51. The minimum absolute atomic E-state index is 0.291. The summed E-state index contributed by atoms with van der Waals surface area (Å²) in [6.45, 7) is 0.843. The molecule has 0 saturated carbocycles. The van der Waals surface area contributed by atoms with Gasteiger partial charge in [0.05, 0.1) is 0 Å². The number of rotatable bonds is 4. The highest BCUT2D eigenvalue weighted by Crippen LogP contribution is 2.25. The fourth-order valence-corrected chi connectivity index (χ4v) is 1.98. The lowest BCUT2D eigenvalue weighted by Crippen LogP contribution is -2.02. The molecule has 0 unspecified atom stereocenters. The molecule has 0 radical (unpaired) electrons. The quantitative estimate of drug-likeness (QED) is 0.812. The van der Waals surface area contributed by atoms with Gasteiger partial charge in [-0.1, -0.05) is 22.9 Å². The lowest BCUT2D eigenvalue weighted by Gasteiger charge is -1.97. The lowest BCUT2D eigenvalue weighted by molar-refractivity contribution is 1.20. The zero-order chi connectivity index (χ0) is 9.68. The molecule has 1 aromatic heterocycles. The molecule has 1 N–H and O–H groups in total. The fourth-order valence-electron chi connectivity index (χ4n) is 0.706. The van der Waals surface area contributed by atoms with Crippen LogP contribution < -0.4 is 5.32 Å². The van der Waals surface area contributed by atoms with Crippen LogP contribution >= 0.6 is 34.7 Å². The highest BCUT2D eigenvalue weighted by molar-refractivity contribution is 7.98. The molecule has 0 fully saturated rings. The standard InChI is InChI=1S/C7H8ClN3S2/c1-12-3-2-10-7-11-6(8)5(4-9)13-7/h2-3H2,1H3,(H,10,11). The van der Waals surface area contributed by atoms with E-state index < -0.39 is 0 Å². The average molecular weight is 234 g/mol. The summed E-state index contributed by atoms with van der Waals surface area (Å²) in [7, 11) is 0. The van der Waals surface area contributed by atoms with Gasteiger partial charge in [0.25, 0.3) is 0 Å². The molecule has 0 atom stereocenters. The van der Waals surface area contributed by atoms with Gasteiger partial charge >= 0.3 is 0 Å². The van der Waals surface area contributed by atoms with Crippen LogP contribution in [0.25, 0.3) is 0 Å². The SMILES string of the molecule is CSCCNc1nc(Cl)c(C#N)s1. The van der Waals surface area contributed by atoms with Crippen LogP contribution in [0, 0.1) is 11.3 Å². The van der Waals surface area contributed by atoms with Crippen molar-refractivity contribution < 1.29 is 0 Å². The summed E-state index contributed by atoms with van der Waals surface area (Å²) < 4.78 is 0. The van der Waals surface area contributed by atoms with Crippen molar-refractivity contribution in [2.45, 2.75) is 0 Å². The first-order valence-electron chi connectivity index (χ1n) is 3.57. The first-order valence-corrected chi connectivity index (χ1v) is 6.16. The Hall–Kier alpha value is -0.440. The Morgan fingerprint density at radius 2 is 2.54 bits per heavy atom. The Kier molecular flexibility index (Phi) is 4.36. The van der Waals surface area contributed by atoms with E-state index in [0.29, 0.717) is 10.0 Å². The minimum Gasteiger partial charge on any atom is -0.361 e. The third-order valence-electron chi connectivity index (χ3n) is 1.27. The van der Waals surface area contributed by atoms with Crippen molar-refractivity contribution in [2.24, 2.45) is 0 Å². The minimum atomic E-state index is 0.291. The van der Waals surface area contributed by atoms with E-state index in [9.17, 15) is 0 Å². The van der Waals surface area contributed by atoms with Gasteiger partial charge < -0.3 is 5.32 Å². The normalized spacial score (nSPS) is 9.62. The topological polar surface area (TPSA) is 48.7 Å². The maximum atomic E-state index is 8.61. The Morgan fingerprint density at radius 1 is 1.77 bits per heavy atom. The molecule has 1 heterocycles. The van der Waals surface area contributed by atoms with Crippen molar-refractivity contribution in [3.05, 3.63) is 10.0 Å². The summed E-state index contributed by atoms with van der Waals surface area (Å²) in [6, 6.07) is 1.98. The Bertz CT molecular complexity index is 318. The number of halogens is 1. The maximum absolute atomic E-state index is 8.61. The van der Waals surface area contributed by atoms with Gasteiger partial charge in [-0.05, 0) is 6.26 Å². The largest absolute Gasteiger partial charge is 0.361 e. The monoisotopic (exact) mass is 233 g/mol. The van der Waals surface area contributed by atoms with Crippen LogP contribution in [0.1, 0.15) is 4.88 Å². The zero-order valence-corrected chi connectivity index (χ0v) is 9.39. The first kappa shape index (κ1) is 10.6. The molecule has 70 valence electrons. The molecular weight excluding hydrogens is 226 g/mol. The number of nitrogens with zero attached hydrogens (tertiary/aromatic N) is 2. The second-order valence-electron chi connectivity index (χ2n) is 2.17. The number of nitriles is 1. The van der Waals surface area contributed by atoms with E-state index >= 15 is 0 Å². The van der Waals surface area contributed by atoms with Gasteiger partial charge in [0, 0.05) is 12.3 Å². The molecule has 1 rings (SSSR count). The van der Waals surface area contributed by atoms with Gasteiger partial charge in [-0.3, -0.25) is 0 Å². The van der Waals surface area contributed by atoms with Crippen molar-refractivity contribution in [3.63, 3.8) is 0 Å². The van der Waals surface area contributed by atoms with Crippen LogP contribution in [-0.2, 0) is 0 Å². The fraction of sp³-hybridized carbons (Fsp3) is 0.429. The van der Waals surface area contributed by atoms with Gasteiger partial charge in [-0.2, -0.15) is 17.0 Å². The van der Waals surface area contributed by atoms with Gasteiger partial charge in [-0.25, -0.2) is 4.98 Å². The van der Waals surface area contributed by atoms with Gasteiger partial charge in [0.2, 0.25) is 0 Å². The maximum Gasteiger partial charge on any atom is 0.185 e. The summed E-state index contributed by atoms with van der Waals surface area (Å²) in [5.41, 5.74) is 0. The number of hydrogen-bond acceptors (Lipinski definition) is 5. The van der Waals surface area contributed by atoms with Crippen LogP contribution in [0.5, 0.6) is 0 Å². The third-order valence-corrected chi connectivity index (χ3v) is 3.19. The van der Waals surface area contributed by atoms with E-state index in [1.54, 1.807) is 11.8 Å². The van der Waals surface area contributed by atoms with E-state index in [1.165, 1.54) is 11.3 Å². The van der Waals surface area contributed by atoms with E-state index in [2.05, 4.69) is 10.3 Å². The van der Waals surface area contributed by atoms with E-state index in [0.717, 1.165) is 17.4 Å². The van der Waals surface area contributed by atoms with Gasteiger partial charge in [0.15, 0.2) is 10.3 Å². The highest BCUT2D eigenvalue weighted by atomic mass is 35.5. The predicted octanol–water partition coefficient (Wildman–Crippen LogP) is 2.44. The molecule has 1 aromatic rings. The van der Waals surface area contributed by atoms with Crippen LogP contribution in [0.2, 0.25) is 5.15 Å². The van der Waals surface area contributed by atoms with Crippen molar-refractivity contribution in [3.8, 4) is 6.07 Å². The molecule has 0 aliphatic heterocycles. The smallest absolute Gasteiger partial charge is 0.185 e. The van der Waals surface area contributed by atoms with Crippen LogP contribution in [0.4, 0.5) is 5.13 Å². The number of thiazole rings is 1. The van der Waals surface area contributed by atoms with Crippen LogP contribution in [0.3, 0.4) is 0 Å². The zero-order valence-electron chi connectivity index (χ0n) is 7.00. The van der Waals surface area contributed by atoms with Crippen molar-refractivity contribution >= 4 is 39.8 Å². The Morgan fingerprint density at radius 3 is 3.08 bits per heavy atom. The third kappa shape index (κ3) is 3.07. The van der Waals surface area contributed by atoms with E-state index in [4.69, 9.17) is 16.9 Å². The summed E-state index contributed by atoms with van der Waals surface area (Å²) in [6.07, 6.45) is 2.04. The van der Waals surface area contributed by atoms with Crippen molar-refractivity contribution in [2.75, 3.05) is 23.9 Å². The van der Waals surface area contributed by atoms with Gasteiger partial charge in [-0.15, -0.1) is 0 Å². The molecule has 0 bridgehead atoms. The Balaban J connectivity index is 2.54. The molecule has 0 spiro atoms. The second kappa shape index (κ2) is 5.32.